The lowest BCUT2D eigenvalue weighted by Gasteiger charge is -2.31. The summed E-state index contributed by atoms with van der Waals surface area (Å²) in [5, 5.41) is 10.0. The van der Waals surface area contributed by atoms with Crippen LogP contribution >= 0.6 is 0 Å². The molecule has 1 N–H and O–H groups in total. The molecule has 0 saturated heterocycles. The molecule has 0 saturated carbocycles. The van der Waals surface area contributed by atoms with Gasteiger partial charge in [0.15, 0.2) is 0 Å². The van der Waals surface area contributed by atoms with E-state index in [4.69, 9.17) is 0 Å². The molecule has 0 aliphatic heterocycles. The molecule has 0 spiro atoms. The van der Waals surface area contributed by atoms with Crippen molar-refractivity contribution in [3.63, 3.8) is 0 Å². The lowest BCUT2D eigenvalue weighted by molar-refractivity contribution is -0.297. The maximum Gasteiger partial charge on any atom is 0.453 e. The summed E-state index contributed by atoms with van der Waals surface area (Å²) >= 11 is 0. The van der Waals surface area contributed by atoms with Crippen molar-refractivity contribution in [2.24, 2.45) is 0 Å². The minimum absolute atomic E-state index is 0.0985. The van der Waals surface area contributed by atoms with E-state index in [0.29, 0.717) is 12.0 Å². The third kappa shape index (κ3) is 3.43. The van der Waals surface area contributed by atoms with Gasteiger partial charge in [-0.3, -0.25) is 0 Å². The van der Waals surface area contributed by atoms with Crippen molar-refractivity contribution in [1.82, 2.24) is 0 Å². The third-order valence-corrected chi connectivity index (χ3v) is 2.96. The fourth-order valence-electron chi connectivity index (χ4n) is 1.98. The van der Waals surface area contributed by atoms with E-state index in [2.05, 4.69) is 0 Å². The first-order valence-corrected chi connectivity index (χ1v) is 5.76. The van der Waals surface area contributed by atoms with E-state index in [1.165, 1.54) is 12.1 Å². The highest BCUT2D eigenvalue weighted by atomic mass is 19.4. The summed E-state index contributed by atoms with van der Waals surface area (Å²) in [6, 6.07) is 6.09. The summed E-state index contributed by atoms with van der Waals surface area (Å²) in [4.78, 5) is 0. The average molecular weight is 282 g/mol. The Morgan fingerprint density at radius 1 is 1.05 bits per heavy atom. The normalized spacial score (nSPS) is 16.2. The van der Waals surface area contributed by atoms with Gasteiger partial charge in [-0.05, 0) is 24.5 Å². The zero-order valence-corrected chi connectivity index (χ0v) is 10.6. The molecule has 1 aromatic rings. The summed E-state index contributed by atoms with van der Waals surface area (Å²) < 4.78 is 62.7. The van der Waals surface area contributed by atoms with Crippen molar-refractivity contribution in [2.45, 2.75) is 44.4 Å². The van der Waals surface area contributed by atoms with Crippen LogP contribution in [0.1, 0.15) is 31.4 Å². The first kappa shape index (κ1) is 15.9. The Kier molecular flexibility index (Phi) is 4.24. The maximum absolute atomic E-state index is 13.1. The molecule has 0 aromatic heterocycles. The van der Waals surface area contributed by atoms with E-state index in [1.54, 1.807) is 19.1 Å². The molecule has 1 unspecified atom stereocenters. The smallest absolute Gasteiger partial charge is 0.385 e. The van der Waals surface area contributed by atoms with Crippen LogP contribution in [0.15, 0.2) is 24.3 Å². The van der Waals surface area contributed by atoms with Crippen molar-refractivity contribution in [1.29, 1.82) is 0 Å². The van der Waals surface area contributed by atoms with E-state index in [1.807, 2.05) is 0 Å². The molecule has 1 aromatic carbocycles. The topological polar surface area (TPSA) is 20.2 Å². The predicted molar refractivity (Wildman–Crippen MR) is 61.0 cm³/mol. The molecule has 0 amide bonds. The molecule has 0 heterocycles. The van der Waals surface area contributed by atoms with Gasteiger partial charge in [-0.2, -0.15) is 22.0 Å². The van der Waals surface area contributed by atoms with Gasteiger partial charge < -0.3 is 5.11 Å². The number of aryl methyl sites for hydroxylation is 1. The Morgan fingerprint density at radius 3 is 2.05 bits per heavy atom. The Balaban J connectivity index is 3.11. The van der Waals surface area contributed by atoms with Gasteiger partial charge in [0.05, 0.1) is 12.0 Å². The van der Waals surface area contributed by atoms with Crippen LogP contribution in [0.5, 0.6) is 0 Å². The molecule has 1 nitrogen and oxygen atoms in total. The van der Waals surface area contributed by atoms with Crippen LogP contribution in [-0.2, 0) is 12.0 Å². The summed E-state index contributed by atoms with van der Waals surface area (Å²) in [5.74, 6) is -4.93. The standard InChI is InChI=1S/C13H15F5O/c1-3-9-6-4-5-7-10(9)11(2,19)8-12(14,15)13(16,17)18/h4-7,19H,3,8H2,1-2H3. The Hall–Kier alpha value is -1.17. The van der Waals surface area contributed by atoms with Crippen LogP contribution in [0.4, 0.5) is 22.0 Å². The second-order valence-corrected chi connectivity index (χ2v) is 4.66. The van der Waals surface area contributed by atoms with Gasteiger partial charge >= 0.3 is 12.1 Å². The number of alkyl halides is 5. The Bertz CT molecular complexity index is 437. The highest BCUT2D eigenvalue weighted by molar-refractivity contribution is 5.32. The largest absolute Gasteiger partial charge is 0.453 e. The summed E-state index contributed by atoms with van der Waals surface area (Å²) in [6.45, 7) is 2.71. The lowest BCUT2D eigenvalue weighted by atomic mass is 9.85. The number of aliphatic hydroxyl groups is 1. The molecule has 1 rings (SSSR count). The first-order chi connectivity index (χ1) is 8.51. The van der Waals surface area contributed by atoms with Gasteiger partial charge in [0.2, 0.25) is 0 Å². The Labute approximate surface area is 108 Å². The fourth-order valence-corrected chi connectivity index (χ4v) is 1.98. The van der Waals surface area contributed by atoms with E-state index in [9.17, 15) is 27.1 Å². The molecule has 0 fully saturated rings. The van der Waals surface area contributed by atoms with Gasteiger partial charge in [0, 0.05) is 0 Å². The molecule has 0 bridgehead atoms. The molecule has 0 radical (unpaired) electrons. The molecule has 0 aliphatic rings. The Morgan fingerprint density at radius 2 is 1.58 bits per heavy atom. The SMILES string of the molecule is CCc1ccccc1C(C)(O)CC(F)(F)C(F)(F)F. The molecule has 1 atom stereocenters. The zero-order chi connectivity index (χ0) is 14.9. The predicted octanol–water partition coefficient (Wildman–Crippen LogP) is 4.04. The summed E-state index contributed by atoms with van der Waals surface area (Å²) in [6.07, 6.45) is -6.93. The minimum atomic E-state index is -5.67. The quantitative estimate of drug-likeness (QED) is 0.826. The molecular formula is C13H15F5O. The van der Waals surface area contributed by atoms with Crippen molar-refractivity contribution in [2.75, 3.05) is 0 Å². The van der Waals surface area contributed by atoms with Gasteiger partial charge in [0.25, 0.3) is 0 Å². The molecule has 6 heteroatoms. The van der Waals surface area contributed by atoms with Crippen LogP contribution in [0.2, 0.25) is 0 Å². The monoisotopic (exact) mass is 282 g/mol. The number of rotatable bonds is 4. The second-order valence-electron chi connectivity index (χ2n) is 4.66. The molecule has 0 aliphatic carbocycles. The van der Waals surface area contributed by atoms with Crippen molar-refractivity contribution in [3.05, 3.63) is 35.4 Å². The van der Waals surface area contributed by atoms with Gasteiger partial charge in [-0.15, -0.1) is 0 Å². The zero-order valence-electron chi connectivity index (χ0n) is 10.6. The van der Waals surface area contributed by atoms with Crippen LogP contribution in [0, 0.1) is 0 Å². The van der Waals surface area contributed by atoms with Gasteiger partial charge in [-0.1, -0.05) is 31.2 Å². The summed E-state index contributed by atoms with van der Waals surface area (Å²) in [7, 11) is 0. The highest BCUT2D eigenvalue weighted by Crippen LogP contribution is 2.44. The van der Waals surface area contributed by atoms with Gasteiger partial charge in [0.1, 0.15) is 0 Å². The van der Waals surface area contributed by atoms with E-state index in [-0.39, 0.29) is 5.56 Å². The molecule has 19 heavy (non-hydrogen) atoms. The minimum Gasteiger partial charge on any atom is -0.385 e. The highest BCUT2D eigenvalue weighted by Gasteiger charge is 2.60. The third-order valence-electron chi connectivity index (χ3n) is 2.96. The number of benzene rings is 1. The number of hydrogen-bond acceptors (Lipinski definition) is 1. The number of hydrogen-bond donors (Lipinski definition) is 1. The van der Waals surface area contributed by atoms with E-state index >= 15 is 0 Å². The van der Waals surface area contributed by atoms with Crippen molar-refractivity contribution < 1.29 is 27.1 Å². The van der Waals surface area contributed by atoms with E-state index < -0.39 is 24.1 Å². The molecular weight excluding hydrogens is 267 g/mol. The van der Waals surface area contributed by atoms with Crippen molar-refractivity contribution in [3.8, 4) is 0 Å². The van der Waals surface area contributed by atoms with Crippen molar-refractivity contribution >= 4 is 0 Å². The number of halogens is 5. The van der Waals surface area contributed by atoms with Crippen LogP contribution in [0.3, 0.4) is 0 Å². The van der Waals surface area contributed by atoms with Crippen LogP contribution in [0.25, 0.3) is 0 Å². The molecule has 108 valence electrons. The first-order valence-electron chi connectivity index (χ1n) is 5.76. The lowest BCUT2D eigenvalue weighted by Crippen LogP contribution is -2.43. The van der Waals surface area contributed by atoms with Gasteiger partial charge in [-0.25, -0.2) is 0 Å². The van der Waals surface area contributed by atoms with E-state index in [0.717, 1.165) is 6.92 Å². The second kappa shape index (κ2) is 5.07. The fraction of sp³-hybridized carbons (Fsp3) is 0.538. The van der Waals surface area contributed by atoms with Crippen LogP contribution < -0.4 is 0 Å². The van der Waals surface area contributed by atoms with Crippen LogP contribution in [-0.4, -0.2) is 17.2 Å². The summed E-state index contributed by atoms with van der Waals surface area (Å²) in [5.41, 5.74) is -1.60. The maximum atomic E-state index is 13.1. The average Bonchev–Trinajstić information content (AvgIpc) is 2.26.